The van der Waals surface area contributed by atoms with Crippen molar-refractivity contribution in [2.24, 2.45) is 0 Å². The van der Waals surface area contributed by atoms with E-state index >= 15 is 0 Å². The maximum absolute atomic E-state index is 13.5. The van der Waals surface area contributed by atoms with Gasteiger partial charge in [-0.25, -0.2) is 4.98 Å². The highest BCUT2D eigenvalue weighted by Crippen LogP contribution is 2.47. The number of ether oxygens (including phenoxy) is 2. The number of anilines is 1. The van der Waals surface area contributed by atoms with Crippen molar-refractivity contribution in [1.29, 1.82) is 0 Å². The van der Waals surface area contributed by atoms with Crippen molar-refractivity contribution in [2.75, 3.05) is 19.1 Å². The second-order valence-corrected chi connectivity index (χ2v) is 9.12. The molecular formula is C27H22N2O5S. The fraction of sp³-hybridized carbons (Fsp3) is 0.148. The molecule has 4 aromatic rings. The number of aliphatic hydroxyl groups is 1. The van der Waals surface area contributed by atoms with Crippen LogP contribution in [0.5, 0.6) is 11.5 Å². The van der Waals surface area contributed by atoms with Gasteiger partial charge in [-0.3, -0.25) is 14.5 Å². The molecule has 1 aliphatic rings. The zero-order valence-electron chi connectivity index (χ0n) is 19.3. The van der Waals surface area contributed by atoms with Gasteiger partial charge in [0.25, 0.3) is 5.78 Å². The monoisotopic (exact) mass is 486 g/mol. The van der Waals surface area contributed by atoms with Gasteiger partial charge in [0.15, 0.2) is 5.13 Å². The third-order valence-corrected chi connectivity index (χ3v) is 6.98. The van der Waals surface area contributed by atoms with Crippen molar-refractivity contribution < 1.29 is 24.2 Å². The Labute approximate surface area is 205 Å². The molecule has 1 N–H and O–H groups in total. The molecule has 35 heavy (non-hydrogen) atoms. The van der Waals surface area contributed by atoms with Gasteiger partial charge in [-0.15, -0.1) is 0 Å². The number of fused-ring (bicyclic) bond motifs is 1. The topological polar surface area (TPSA) is 89.0 Å². The number of hydrogen-bond acceptors (Lipinski definition) is 7. The van der Waals surface area contributed by atoms with Gasteiger partial charge in [-0.05, 0) is 42.8 Å². The van der Waals surface area contributed by atoms with Crippen LogP contribution in [0.4, 0.5) is 5.13 Å². The lowest BCUT2D eigenvalue weighted by Crippen LogP contribution is -2.29. The Morgan fingerprint density at radius 2 is 1.77 bits per heavy atom. The summed E-state index contributed by atoms with van der Waals surface area (Å²) >= 11 is 1.31. The molecule has 1 fully saturated rings. The van der Waals surface area contributed by atoms with Crippen molar-refractivity contribution in [3.8, 4) is 11.5 Å². The molecule has 5 rings (SSSR count). The smallest absolute Gasteiger partial charge is 0.301 e. The zero-order chi connectivity index (χ0) is 24.7. The minimum Gasteiger partial charge on any atom is -0.507 e. The third-order valence-electron chi connectivity index (χ3n) is 5.96. The van der Waals surface area contributed by atoms with E-state index in [0.717, 1.165) is 15.8 Å². The molecule has 1 aromatic heterocycles. The number of nitrogens with zero attached hydrogens (tertiary/aromatic N) is 2. The van der Waals surface area contributed by atoms with Crippen LogP contribution in [0, 0.1) is 6.92 Å². The number of aromatic nitrogens is 1. The molecule has 0 aliphatic carbocycles. The Kier molecular flexibility index (Phi) is 5.74. The molecule has 0 bridgehead atoms. The number of hydrogen-bond donors (Lipinski definition) is 1. The fourth-order valence-electron chi connectivity index (χ4n) is 4.25. The van der Waals surface area contributed by atoms with Gasteiger partial charge in [-0.1, -0.05) is 47.7 Å². The highest BCUT2D eigenvalue weighted by Gasteiger charge is 2.49. The number of carbonyl (C=O) groups excluding carboxylic acids is 2. The summed E-state index contributed by atoms with van der Waals surface area (Å²) in [4.78, 5) is 32.9. The lowest BCUT2D eigenvalue weighted by molar-refractivity contribution is -0.132. The van der Waals surface area contributed by atoms with E-state index in [1.54, 1.807) is 48.5 Å². The van der Waals surface area contributed by atoms with Crippen LogP contribution >= 0.6 is 11.3 Å². The summed E-state index contributed by atoms with van der Waals surface area (Å²) in [5, 5.41) is 11.6. The first-order valence-corrected chi connectivity index (χ1v) is 11.7. The first-order valence-electron chi connectivity index (χ1n) is 10.9. The molecule has 0 unspecified atom stereocenters. The maximum atomic E-state index is 13.5. The summed E-state index contributed by atoms with van der Waals surface area (Å²) in [5.74, 6) is -0.868. The predicted octanol–water partition coefficient (Wildman–Crippen LogP) is 5.25. The van der Waals surface area contributed by atoms with Crippen LogP contribution in [-0.4, -0.2) is 36.0 Å². The largest absolute Gasteiger partial charge is 0.507 e. The number of benzene rings is 3. The number of methoxy groups -OCH3 is 2. The van der Waals surface area contributed by atoms with E-state index in [2.05, 4.69) is 4.98 Å². The Balaban J connectivity index is 1.79. The standard InChI is InChI=1S/C27H22N2O5S/c1-15-9-11-19-21(13-15)35-27(28-19)29-23(18-14-17(33-2)10-12-20(18)34-3)22(25(31)26(29)32)24(30)16-7-5-4-6-8-16/h4-14,23,30H,1-3H3/t23-/m0/s1. The van der Waals surface area contributed by atoms with Gasteiger partial charge in [-0.2, -0.15) is 0 Å². The predicted molar refractivity (Wildman–Crippen MR) is 135 cm³/mol. The highest BCUT2D eigenvalue weighted by molar-refractivity contribution is 7.22. The Hall–Kier alpha value is -4.17. The number of carbonyl (C=O) groups is 2. The minimum absolute atomic E-state index is 0.0387. The minimum atomic E-state index is -0.970. The summed E-state index contributed by atoms with van der Waals surface area (Å²) < 4.78 is 11.9. The molecule has 8 heteroatoms. The van der Waals surface area contributed by atoms with Crippen LogP contribution in [0.3, 0.4) is 0 Å². The summed E-state index contributed by atoms with van der Waals surface area (Å²) in [7, 11) is 3.04. The highest BCUT2D eigenvalue weighted by atomic mass is 32.1. The number of Topliss-reactive ketones (excluding diaryl/α,β-unsaturated/α-hetero) is 1. The van der Waals surface area contributed by atoms with Gasteiger partial charge >= 0.3 is 5.91 Å². The summed E-state index contributed by atoms with van der Waals surface area (Å²) in [5.41, 5.74) is 2.67. The van der Waals surface area contributed by atoms with Gasteiger partial charge < -0.3 is 14.6 Å². The second kappa shape index (κ2) is 8.88. The molecule has 1 atom stereocenters. The van der Waals surface area contributed by atoms with Gasteiger partial charge in [0.05, 0.1) is 30.0 Å². The van der Waals surface area contributed by atoms with Crippen molar-refractivity contribution in [3.05, 3.63) is 89.0 Å². The van der Waals surface area contributed by atoms with Gasteiger partial charge in [0.2, 0.25) is 0 Å². The molecule has 0 spiro atoms. The van der Waals surface area contributed by atoms with Crippen LogP contribution in [0.2, 0.25) is 0 Å². The molecule has 1 aliphatic heterocycles. The van der Waals surface area contributed by atoms with E-state index < -0.39 is 17.7 Å². The van der Waals surface area contributed by atoms with E-state index in [-0.39, 0.29) is 11.3 Å². The van der Waals surface area contributed by atoms with E-state index in [4.69, 9.17) is 9.47 Å². The average Bonchev–Trinajstić information content (AvgIpc) is 3.41. The Morgan fingerprint density at radius 1 is 1.00 bits per heavy atom. The molecule has 3 aromatic carbocycles. The first-order chi connectivity index (χ1) is 16.9. The second-order valence-electron chi connectivity index (χ2n) is 8.11. The number of ketones is 1. The lowest BCUT2D eigenvalue weighted by Gasteiger charge is -2.25. The number of amides is 1. The summed E-state index contributed by atoms with van der Waals surface area (Å²) in [6, 6.07) is 18.7. The van der Waals surface area contributed by atoms with E-state index in [0.29, 0.717) is 27.8 Å². The van der Waals surface area contributed by atoms with Crippen LogP contribution in [0.1, 0.15) is 22.7 Å². The van der Waals surface area contributed by atoms with Crippen LogP contribution in [-0.2, 0) is 9.59 Å². The normalized spacial score (nSPS) is 17.2. The molecular weight excluding hydrogens is 464 g/mol. The Bertz CT molecular complexity index is 1490. The quantitative estimate of drug-likeness (QED) is 0.236. The van der Waals surface area contributed by atoms with Crippen molar-refractivity contribution in [1.82, 2.24) is 4.98 Å². The SMILES string of the molecule is COc1ccc(OC)c([C@H]2C(=C(O)c3ccccc3)C(=O)C(=O)N2c2nc3ccc(C)cc3s2)c1. The molecule has 7 nitrogen and oxygen atoms in total. The van der Waals surface area contributed by atoms with E-state index in [1.807, 2.05) is 25.1 Å². The third kappa shape index (κ3) is 3.81. The molecule has 0 radical (unpaired) electrons. The number of thiazole rings is 1. The van der Waals surface area contributed by atoms with E-state index in [9.17, 15) is 14.7 Å². The van der Waals surface area contributed by atoms with Crippen molar-refractivity contribution >= 4 is 44.1 Å². The maximum Gasteiger partial charge on any atom is 0.301 e. The van der Waals surface area contributed by atoms with Crippen molar-refractivity contribution in [2.45, 2.75) is 13.0 Å². The molecule has 1 amide bonds. The molecule has 0 saturated carbocycles. The molecule has 1 saturated heterocycles. The number of aliphatic hydroxyl groups excluding tert-OH is 1. The summed E-state index contributed by atoms with van der Waals surface area (Å²) in [6.45, 7) is 1.98. The molecule has 176 valence electrons. The van der Waals surface area contributed by atoms with Crippen LogP contribution < -0.4 is 14.4 Å². The van der Waals surface area contributed by atoms with Gasteiger partial charge in [0.1, 0.15) is 23.3 Å². The number of rotatable bonds is 5. The Morgan fingerprint density at radius 3 is 2.49 bits per heavy atom. The average molecular weight is 487 g/mol. The molecule has 2 heterocycles. The van der Waals surface area contributed by atoms with Crippen LogP contribution in [0.15, 0.2) is 72.3 Å². The lowest BCUT2D eigenvalue weighted by atomic mass is 9.94. The fourth-order valence-corrected chi connectivity index (χ4v) is 5.34. The zero-order valence-corrected chi connectivity index (χ0v) is 20.1. The van der Waals surface area contributed by atoms with Crippen LogP contribution in [0.25, 0.3) is 16.0 Å². The summed E-state index contributed by atoms with van der Waals surface area (Å²) in [6.07, 6.45) is 0. The number of aryl methyl sites for hydroxylation is 1. The first kappa shape index (κ1) is 22.6. The van der Waals surface area contributed by atoms with Crippen molar-refractivity contribution in [3.63, 3.8) is 0 Å². The van der Waals surface area contributed by atoms with E-state index in [1.165, 1.54) is 30.5 Å². The van der Waals surface area contributed by atoms with Gasteiger partial charge in [0, 0.05) is 11.1 Å².